The predicted molar refractivity (Wildman–Crippen MR) is 60.9 cm³/mol. The number of hydrogen-bond acceptors (Lipinski definition) is 2. The Balaban J connectivity index is 2.80. The van der Waals surface area contributed by atoms with Crippen molar-refractivity contribution in [3.8, 4) is 0 Å². The summed E-state index contributed by atoms with van der Waals surface area (Å²) in [5.74, 6) is 0. The van der Waals surface area contributed by atoms with Gasteiger partial charge in [-0.25, -0.2) is 9.97 Å². The van der Waals surface area contributed by atoms with E-state index in [-0.39, 0.29) is 0 Å². The lowest BCUT2D eigenvalue weighted by molar-refractivity contribution is 0.794. The van der Waals surface area contributed by atoms with Crippen molar-refractivity contribution >= 4 is 45.2 Å². The van der Waals surface area contributed by atoms with E-state index in [1.807, 2.05) is 0 Å². The third-order valence-corrected chi connectivity index (χ3v) is 2.86. The van der Waals surface area contributed by atoms with E-state index in [1.54, 1.807) is 6.20 Å². The van der Waals surface area contributed by atoms with Crippen LogP contribution in [0.1, 0.15) is 6.92 Å². The van der Waals surface area contributed by atoms with Crippen LogP contribution in [0.5, 0.6) is 0 Å². The number of aryl methyl sites for hydroxylation is 1. The van der Waals surface area contributed by atoms with Crippen LogP contribution in [0.4, 0.5) is 0 Å². The molecule has 0 N–H and O–H groups in total. The topological polar surface area (TPSA) is 30.7 Å². The zero-order valence-electron chi connectivity index (χ0n) is 6.96. The summed E-state index contributed by atoms with van der Waals surface area (Å²) in [4.78, 5) is 8.13. The van der Waals surface area contributed by atoms with Gasteiger partial charge in [-0.15, -0.1) is 0 Å². The Morgan fingerprint density at radius 3 is 3.08 bits per heavy atom. The van der Waals surface area contributed by atoms with E-state index in [4.69, 9.17) is 11.6 Å². The zero-order valence-corrected chi connectivity index (χ0v) is 9.87. The molecule has 0 bridgehead atoms. The summed E-state index contributed by atoms with van der Waals surface area (Å²) in [6.07, 6.45) is 3.81. The van der Waals surface area contributed by atoms with Crippen molar-refractivity contribution in [3.05, 3.63) is 21.2 Å². The minimum absolute atomic E-state index is 0.305. The van der Waals surface area contributed by atoms with Gasteiger partial charge in [-0.3, -0.25) is 0 Å². The van der Waals surface area contributed by atoms with Gasteiger partial charge in [-0.05, 0) is 41.1 Å². The Morgan fingerprint density at radius 1 is 1.62 bits per heavy atom. The standard InChI is InChI=1S/C8H7ClIN3/c1-2-13-4-5(10)7-6(13)3-11-8(9)12-7/h3-4H,2H2,1H3. The number of hydrogen-bond donors (Lipinski definition) is 0. The molecule has 0 radical (unpaired) electrons. The van der Waals surface area contributed by atoms with Crippen LogP contribution in [0.25, 0.3) is 11.0 Å². The quantitative estimate of drug-likeness (QED) is 0.599. The highest BCUT2D eigenvalue weighted by Crippen LogP contribution is 2.21. The highest BCUT2D eigenvalue weighted by Gasteiger charge is 2.07. The van der Waals surface area contributed by atoms with Crippen molar-refractivity contribution in [1.29, 1.82) is 0 Å². The maximum atomic E-state index is 5.71. The van der Waals surface area contributed by atoms with E-state index >= 15 is 0 Å². The van der Waals surface area contributed by atoms with E-state index in [0.717, 1.165) is 21.1 Å². The lowest BCUT2D eigenvalue weighted by Crippen LogP contribution is -1.91. The first kappa shape index (κ1) is 9.21. The molecule has 68 valence electrons. The van der Waals surface area contributed by atoms with Crippen molar-refractivity contribution < 1.29 is 0 Å². The molecular formula is C8H7ClIN3. The molecule has 0 amide bonds. The van der Waals surface area contributed by atoms with Gasteiger partial charge in [0.15, 0.2) is 0 Å². The Hall–Kier alpha value is -0.360. The number of fused-ring (bicyclic) bond motifs is 1. The fourth-order valence-corrected chi connectivity index (χ4v) is 2.14. The Kier molecular flexibility index (Phi) is 2.42. The summed E-state index contributed by atoms with van der Waals surface area (Å²) < 4.78 is 3.21. The fraction of sp³-hybridized carbons (Fsp3) is 0.250. The second-order valence-corrected chi connectivity index (χ2v) is 4.14. The Bertz CT molecular complexity index is 452. The first-order valence-corrected chi connectivity index (χ1v) is 5.35. The Labute approximate surface area is 94.3 Å². The van der Waals surface area contributed by atoms with Gasteiger partial charge >= 0.3 is 0 Å². The molecule has 2 aromatic rings. The average Bonchev–Trinajstić information content (AvgIpc) is 2.43. The van der Waals surface area contributed by atoms with E-state index in [9.17, 15) is 0 Å². The van der Waals surface area contributed by atoms with Gasteiger partial charge in [0.2, 0.25) is 5.28 Å². The first-order chi connectivity index (χ1) is 6.22. The predicted octanol–water partition coefficient (Wildman–Crippen LogP) is 2.71. The Morgan fingerprint density at radius 2 is 2.38 bits per heavy atom. The molecule has 2 rings (SSSR count). The number of rotatable bonds is 1. The molecule has 13 heavy (non-hydrogen) atoms. The molecule has 2 heterocycles. The zero-order chi connectivity index (χ0) is 9.42. The normalized spacial score (nSPS) is 11.0. The molecule has 0 saturated carbocycles. The van der Waals surface area contributed by atoms with Crippen molar-refractivity contribution in [2.24, 2.45) is 0 Å². The molecule has 0 atom stereocenters. The van der Waals surface area contributed by atoms with Gasteiger partial charge < -0.3 is 4.57 Å². The van der Waals surface area contributed by atoms with Crippen LogP contribution in [-0.4, -0.2) is 14.5 Å². The minimum atomic E-state index is 0.305. The second kappa shape index (κ2) is 3.42. The lowest BCUT2D eigenvalue weighted by Gasteiger charge is -1.97. The van der Waals surface area contributed by atoms with Crippen LogP contribution in [-0.2, 0) is 6.54 Å². The maximum Gasteiger partial charge on any atom is 0.223 e. The average molecular weight is 308 g/mol. The van der Waals surface area contributed by atoms with Crippen LogP contribution in [0.3, 0.4) is 0 Å². The van der Waals surface area contributed by atoms with Crippen molar-refractivity contribution in [3.63, 3.8) is 0 Å². The molecule has 3 nitrogen and oxygen atoms in total. The van der Waals surface area contributed by atoms with Crippen LogP contribution < -0.4 is 0 Å². The third-order valence-electron chi connectivity index (χ3n) is 1.89. The monoisotopic (exact) mass is 307 g/mol. The molecule has 0 unspecified atom stereocenters. The van der Waals surface area contributed by atoms with Gasteiger partial charge in [0, 0.05) is 12.7 Å². The van der Waals surface area contributed by atoms with Crippen molar-refractivity contribution in [1.82, 2.24) is 14.5 Å². The number of halogens is 2. The molecule has 0 saturated heterocycles. The summed E-state index contributed by atoms with van der Waals surface area (Å²) in [6, 6.07) is 0. The van der Waals surface area contributed by atoms with E-state index < -0.39 is 0 Å². The second-order valence-electron chi connectivity index (χ2n) is 2.64. The molecule has 0 aliphatic rings. The molecule has 0 aliphatic carbocycles. The van der Waals surface area contributed by atoms with Crippen LogP contribution in [0.2, 0.25) is 5.28 Å². The molecule has 0 aliphatic heterocycles. The van der Waals surface area contributed by atoms with E-state index in [0.29, 0.717) is 5.28 Å². The van der Waals surface area contributed by atoms with Gasteiger partial charge in [0.05, 0.1) is 15.3 Å². The van der Waals surface area contributed by atoms with Crippen molar-refractivity contribution in [2.75, 3.05) is 0 Å². The minimum Gasteiger partial charge on any atom is -0.344 e. The van der Waals surface area contributed by atoms with Gasteiger partial charge in [-0.1, -0.05) is 0 Å². The van der Waals surface area contributed by atoms with Crippen LogP contribution in [0.15, 0.2) is 12.4 Å². The highest BCUT2D eigenvalue weighted by molar-refractivity contribution is 14.1. The largest absolute Gasteiger partial charge is 0.344 e. The molecule has 0 fully saturated rings. The maximum absolute atomic E-state index is 5.71. The summed E-state index contributed by atoms with van der Waals surface area (Å²) in [5.41, 5.74) is 1.97. The molecule has 2 aromatic heterocycles. The van der Waals surface area contributed by atoms with Crippen LogP contribution in [0, 0.1) is 3.57 Å². The summed E-state index contributed by atoms with van der Waals surface area (Å²) in [6.45, 7) is 3.01. The summed E-state index contributed by atoms with van der Waals surface area (Å²) >= 11 is 7.96. The molecule has 5 heteroatoms. The van der Waals surface area contributed by atoms with Gasteiger partial charge in [0.25, 0.3) is 0 Å². The fourth-order valence-electron chi connectivity index (χ4n) is 1.27. The molecular weight excluding hydrogens is 300 g/mol. The smallest absolute Gasteiger partial charge is 0.223 e. The highest BCUT2D eigenvalue weighted by atomic mass is 127. The van der Waals surface area contributed by atoms with Crippen LogP contribution >= 0.6 is 34.2 Å². The van der Waals surface area contributed by atoms with E-state index in [2.05, 4.69) is 50.2 Å². The summed E-state index contributed by atoms with van der Waals surface area (Å²) in [5, 5.41) is 0.305. The van der Waals surface area contributed by atoms with E-state index in [1.165, 1.54) is 0 Å². The number of aromatic nitrogens is 3. The van der Waals surface area contributed by atoms with Crippen molar-refractivity contribution in [2.45, 2.75) is 13.5 Å². The lowest BCUT2D eigenvalue weighted by atomic mass is 10.5. The van der Waals surface area contributed by atoms with Gasteiger partial charge in [0.1, 0.15) is 5.52 Å². The molecule has 0 aromatic carbocycles. The number of nitrogens with zero attached hydrogens (tertiary/aromatic N) is 3. The summed E-state index contributed by atoms with van der Waals surface area (Å²) in [7, 11) is 0. The first-order valence-electron chi connectivity index (χ1n) is 3.89. The van der Waals surface area contributed by atoms with Gasteiger partial charge in [-0.2, -0.15) is 0 Å². The SMILES string of the molecule is CCn1cc(I)c2nc(Cl)ncc21. The molecule has 0 spiro atoms. The third kappa shape index (κ3) is 1.52.